The maximum Gasteiger partial charge on any atom is 0.408 e. The van der Waals surface area contributed by atoms with Gasteiger partial charge < -0.3 is 4.74 Å². The zero-order valence-corrected chi connectivity index (χ0v) is 25.7. The molecule has 2 aromatic heterocycles. The predicted molar refractivity (Wildman–Crippen MR) is 144 cm³/mol. The molecule has 0 radical (unpaired) electrons. The average Bonchev–Trinajstić information content (AvgIpc) is 3.28. The number of hydrogen-bond acceptors (Lipinski definition) is 7. The molecule has 0 saturated heterocycles. The van der Waals surface area contributed by atoms with Crippen LogP contribution >= 0.6 is 27.3 Å². The van der Waals surface area contributed by atoms with Gasteiger partial charge in [0.25, 0.3) is 16.4 Å². The zero-order valence-electron chi connectivity index (χ0n) is 21.5. The fourth-order valence-electron chi connectivity index (χ4n) is 3.85. The first kappa shape index (κ1) is 30.9. The number of benzene rings is 1. The molecule has 0 spiro atoms. The molecule has 0 atom stereocenters. The lowest BCUT2D eigenvalue weighted by Crippen LogP contribution is -2.42. The van der Waals surface area contributed by atoms with E-state index in [1.54, 1.807) is 0 Å². The van der Waals surface area contributed by atoms with E-state index >= 15 is 0 Å². The molecule has 218 valence electrons. The Morgan fingerprint density at radius 1 is 1.27 bits per heavy atom. The van der Waals surface area contributed by atoms with Crippen LogP contribution in [0.2, 0.25) is 25.7 Å². The van der Waals surface area contributed by atoms with Crippen molar-refractivity contribution in [2.75, 3.05) is 13.3 Å². The van der Waals surface area contributed by atoms with Crippen molar-refractivity contribution in [1.82, 2.24) is 24.3 Å². The lowest BCUT2D eigenvalue weighted by molar-refractivity contribution is -0.141. The highest BCUT2D eigenvalue weighted by molar-refractivity contribution is 9.10. The highest BCUT2D eigenvalue weighted by Gasteiger charge is 2.61. The molecule has 1 aromatic carbocycles. The Balaban J connectivity index is 1.82. The lowest BCUT2D eigenvalue weighted by Gasteiger charge is -2.24. The second-order valence-corrected chi connectivity index (χ2v) is 19.8. The minimum Gasteiger partial charge on any atom is -0.365 e. The molecule has 3 aromatic rings. The number of hydrogen-bond donors (Lipinski definition) is 0. The number of ether oxygens (including phenoxy) is 1. The number of aromatic nitrogens is 4. The van der Waals surface area contributed by atoms with Crippen LogP contribution in [0.4, 0.5) is 22.0 Å². The quantitative estimate of drug-likeness (QED) is 0.0749. The van der Waals surface area contributed by atoms with Gasteiger partial charge >= 0.3 is 11.8 Å². The Morgan fingerprint density at radius 2 is 1.95 bits per heavy atom. The second-order valence-electron chi connectivity index (χ2n) is 10.5. The van der Waals surface area contributed by atoms with Crippen molar-refractivity contribution in [3.8, 4) is 10.7 Å². The summed E-state index contributed by atoms with van der Waals surface area (Å²) in [6.45, 7) is 12.4. The largest absolute Gasteiger partial charge is 0.408 e. The smallest absolute Gasteiger partial charge is 0.365 e. The van der Waals surface area contributed by atoms with E-state index in [9.17, 15) is 30.4 Å². The Hall–Kier alpha value is -2.04. The summed E-state index contributed by atoms with van der Waals surface area (Å²) < 4.78 is 101. The van der Waals surface area contributed by atoms with Crippen molar-refractivity contribution in [2.24, 2.45) is 0 Å². The summed E-state index contributed by atoms with van der Waals surface area (Å²) in [6, 6.07) is 3.02. The number of fused-ring (bicyclic) bond motifs is 1. The minimum absolute atomic E-state index is 0.0302. The van der Waals surface area contributed by atoms with E-state index < -0.39 is 47.9 Å². The number of rotatable bonds is 11. The van der Waals surface area contributed by atoms with Crippen LogP contribution in [0.15, 0.2) is 21.5 Å². The third-order valence-corrected chi connectivity index (χ3v) is 11.2. The van der Waals surface area contributed by atoms with Crippen molar-refractivity contribution < 1.29 is 35.1 Å². The molecule has 1 aliphatic rings. The normalized spacial score (nSPS) is 15.8. The van der Waals surface area contributed by atoms with E-state index in [1.165, 1.54) is 0 Å². The lowest BCUT2D eigenvalue weighted by atomic mass is 10.2. The van der Waals surface area contributed by atoms with Crippen LogP contribution in [0.1, 0.15) is 24.3 Å². The maximum absolute atomic E-state index is 13.9. The Kier molecular flexibility index (Phi) is 8.49. The van der Waals surface area contributed by atoms with Gasteiger partial charge in [0, 0.05) is 24.5 Å². The van der Waals surface area contributed by atoms with Crippen LogP contribution in [-0.2, 0) is 21.3 Å². The minimum atomic E-state index is -4.69. The van der Waals surface area contributed by atoms with E-state index in [2.05, 4.69) is 55.7 Å². The number of halogens is 6. The fourth-order valence-corrected chi connectivity index (χ4v) is 7.79. The maximum atomic E-state index is 13.9. The Morgan fingerprint density at radius 3 is 2.48 bits per heavy atom. The van der Waals surface area contributed by atoms with E-state index in [4.69, 9.17) is 11.3 Å². The number of alkyl halides is 5. The average molecular weight is 688 g/mol. The van der Waals surface area contributed by atoms with Crippen LogP contribution in [0, 0.1) is 6.57 Å². The first-order chi connectivity index (χ1) is 18.5. The molecular formula is C22H24BrF5N6O3S2Si. The SMILES string of the molecule is [C-]#[N+]C1(N(COCC[Si](C)(C)C)S(=O)(=O)c2cc(Br)c3c(c2)c(-c2nnc(C(F)F)s2)nn3CC(F)(F)F)CC1. The van der Waals surface area contributed by atoms with Gasteiger partial charge in [0.15, 0.2) is 10.0 Å². The summed E-state index contributed by atoms with van der Waals surface area (Å²) in [4.78, 5) is 3.22. The van der Waals surface area contributed by atoms with E-state index in [0.717, 1.165) is 22.5 Å². The molecule has 40 heavy (non-hydrogen) atoms. The molecule has 18 heteroatoms. The summed E-state index contributed by atoms with van der Waals surface area (Å²) >= 11 is 3.62. The summed E-state index contributed by atoms with van der Waals surface area (Å²) in [5, 5.41) is 10.1. The van der Waals surface area contributed by atoms with Crippen molar-refractivity contribution in [3.05, 3.63) is 33.0 Å². The van der Waals surface area contributed by atoms with Gasteiger partial charge in [-0.2, -0.15) is 18.3 Å². The van der Waals surface area contributed by atoms with Crippen LogP contribution in [0.5, 0.6) is 0 Å². The molecular weight excluding hydrogens is 663 g/mol. The summed E-state index contributed by atoms with van der Waals surface area (Å²) in [5.74, 6) is 0. The van der Waals surface area contributed by atoms with Crippen LogP contribution in [0.25, 0.3) is 26.4 Å². The van der Waals surface area contributed by atoms with Crippen molar-refractivity contribution in [2.45, 2.75) is 68.2 Å². The molecule has 0 unspecified atom stereocenters. The predicted octanol–water partition coefficient (Wildman–Crippen LogP) is 6.53. The highest BCUT2D eigenvalue weighted by atomic mass is 79.9. The number of nitrogens with zero attached hydrogens (tertiary/aromatic N) is 6. The molecule has 0 aliphatic heterocycles. The molecule has 4 rings (SSSR count). The van der Waals surface area contributed by atoms with Gasteiger partial charge in [-0.1, -0.05) is 35.3 Å². The summed E-state index contributed by atoms with van der Waals surface area (Å²) in [6.07, 6.45) is -7.05. The Labute approximate surface area is 240 Å². The van der Waals surface area contributed by atoms with Gasteiger partial charge in [0.2, 0.25) is 0 Å². The highest BCUT2D eigenvalue weighted by Crippen LogP contribution is 2.47. The van der Waals surface area contributed by atoms with Gasteiger partial charge in [0.05, 0.1) is 23.3 Å². The van der Waals surface area contributed by atoms with Crippen molar-refractivity contribution in [1.29, 1.82) is 0 Å². The van der Waals surface area contributed by atoms with Crippen molar-refractivity contribution in [3.63, 3.8) is 0 Å². The summed E-state index contributed by atoms with van der Waals surface area (Å²) in [7, 11) is -5.89. The monoisotopic (exact) mass is 686 g/mol. The van der Waals surface area contributed by atoms with Crippen LogP contribution in [0.3, 0.4) is 0 Å². The first-order valence-electron chi connectivity index (χ1n) is 11.9. The Bertz CT molecular complexity index is 1560. The topological polar surface area (TPSA) is 94.6 Å². The second kappa shape index (κ2) is 11.0. The molecule has 9 nitrogen and oxygen atoms in total. The third-order valence-electron chi connectivity index (χ3n) is 6.09. The van der Waals surface area contributed by atoms with Gasteiger partial charge in [0.1, 0.15) is 19.0 Å². The first-order valence-corrected chi connectivity index (χ1v) is 18.6. The molecule has 1 saturated carbocycles. The molecule has 1 aliphatic carbocycles. The fraction of sp³-hybridized carbons (Fsp3) is 0.545. The molecule has 2 heterocycles. The van der Waals surface area contributed by atoms with Crippen molar-refractivity contribution >= 4 is 56.3 Å². The molecule has 0 amide bonds. The molecule has 1 fully saturated rings. The van der Waals surface area contributed by atoms with E-state index in [1.807, 2.05) is 0 Å². The van der Waals surface area contributed by atoms with Gasteiger partial charge in [-0.05, 0) is 34.1 Å². The van der Waals surface area contributed by atoms with Crippen LogP contribution < -0.4 is 0 Å². The zero-order chi connectivity index (χ0) is 29.7. The van der Waals surface area contributed by atoms with E-state index in [-0.39, 0.29) is 37.7 Å². The third kappa shape index (κ3) is 6.54. The van der Waals surface area contributed by atoms with Gasteiger partial charge in [-0.15, -0.1) is 10.2 Å². The number of sulfonamides is 1. The molecule has 0 bridgehead atoms. The van der Waals surface area contributed by atoms with Crippen LogP contribution in [-0.4, -0.2) is 66.0 Å². The summed E-state index contributed by atoms with van der Waals surface area (Å²) in [5.41, 5.74) is -1.66. The standard InChI is InChI=1S/C22H24BrF5N6O3S2Si/c1-29-21(5-6-21)34(12-37-7-8-40(2,3)4)39(35,36)13-9-14-16(19-30-31-20(38-19)18(24)25)32-33(11-22(26,27)28)17(14)15(23)10-13/h9-10,18H,5-8,11-12H2,2-4H3. The van der Waals surface area contributed by atoms with Gasteiger partial charge in [-0.25, -0.2) is 23.8 Å². The molecule has 0 N–H and O–H groups in total. The van der Waals surface area contributed by atoms with E-state index in [0.29, 0.717) is 35.5 Å². The van der Waals surface area contributed by atoms with Gasteiger partial charge in [-0.3, -0.25) is 9.53 Å².